The van der Waals surface area contributed by atoms with Gasteiger partial charge in [-0.1, -0.05) is 25.7 Å². The van der Waals surface area contributed by atoms with Crippen LogP contribution >= 0.6 is 0 Å². The molecule has 0 aromatic heterocycles. The lowest BCUT2D eigenvalue weighted by molar-refractivity contribution is -0.151. The standard InChI is InChI=1S/C15H27NO2/c16-13-5-1-2-6-14(13)18-12-7-10-17-15(11-12)8-3-4-9-15/h12-14H,1-11,16H2. The van der Waals surface area contributed by atoms with Crippen LogP contribution in [0.1, 0.15) is 64.2 Å². The van der Waals surface area contributed by atoms with Crippen molar-refractivity contribution in [1.29, 1.82) is 0 Å². The molecule has 1 saturated heterocycles. The van der Waals surface area contributed by atoms with E-state index in [1.54, 1.807) is 0 Å². The number of nitrogens with two attached hydrogens (primary N) is 1. The van der Waals surface area contributed by atoms with Crippen molar-refractivity contribution in [3.05, 3.63) is 0 Å². The van der Waals surface area contributed by atoms with Gasteiger partial charge >= 0.3 is 0 Å². The van der Waals surface area contributed by atoms with E-state index in [1.807, 2.05) is 0 Å². The van der Waals surface area contributed by atoms with Crippen LogP contribution in [0.3, 0.4) is 0 Å². The third-order valence-electron chi connectivity index (χ3n) is 5.08. The molecule has 3 atom stereocenters. The van der Waals surface area contributed by atoms with Crippen LogP contribution in [0.4, 0.5) is 0 Å². The average Bonchev–Trinajstić information content (AvgIpc) is 2.80. The second-order valence-corrected chi connectivity index (χ2v) is 6.48. The van der Waals surface area contributed by atoms with Gasteiger partial charge in [-0.25, -0.2) is 0 Å². The van der Waals surface area contributed by atoms with E-state index in [2.05, 4.69) is 0 Å². The van der Waals surface area contributed by atoms with Crippen LogP contribution in [-0.2, 0) is 9.47 Å². The summed E-state index contributed by atoms with van der Waals surface area (Å²) in [6.45, 7) is 0.882. The first-order valence-electron chi connectivity index (χ1n) is 7.82. The van der Waals surface area contributed by atoms with Gasteiger partial charge in [0.2, 0.25) is 0 Å². The SMILES string of the molecule is NC1CCCCC1OC1CCOC2(CCCC2)C1. The third kappa shape index (κ3) is 2.73. The third-order valence-corrected chi connectivity index (χ3v) is 5.08. The summed E-state index contributed by atoms with van der Waals surface area (Å²) in [5, 5.41) is 0. The Morgan fingerprint density at radius 2 is 1.78 bits per heavy atom. The molecular weight excluding hydrogens is 226 g/mol. The number of hydrogen-bond acceptors (Lipinski definition) is 3. The summed E-state index contributed by atoms with van der Waals surface area (Å²) in [5.74, 6) is 0. The fourth-order valence-electron chi connectivity index (χ4n) is 4.01. The molecule has 0 amide bonds. The normalized spacial score (nSPS) is 40.2. The van der Waals surface area contributed by atoms with Crippen LogP contribution in [0.2, 0.25) is 0 Å². The van der Waals surface area contributed by atoms with E-state index in [4.69, 9.17) is 15.2 Å². The summed E-state index contributed by atoms with van der Waals surface area (Å²) < 4.78 is 12.4. The number of rotatable bonds is 2. The van der Waals surface area contributed by atoms with Crippen LogP contribution in [0, 0.1) is 0 Å². The highest BCUT2D eigenvalue weighted by Gasteiger charge is 2.41. The molecule has 1 spiro atoms. The van der Waals surface area contributed by atoms with Gasteiger partial charge in [0.15, 0.2) is 0 Å². The lowest BCUT2D eigenvalue weighted by Crippen LogP contribution is -2.46. The highest BCUT2D eigenvalue weighted by molar-refractivity contribution is 4.92. The van der Waals surface area contributed by atoms with Gasteiger partial charge in [-0.2, -0.15) is 0 Å². The van der Waals surface area contributed by atoms with Crippen molar-refractivity contribution in [1.82, 2.24) is 0 Å². The predicted molar refractivity (Wildman–Crippen MR) is 71.5 cm³/mol. The molecule has 2 saturated carbocycles. The Morgan fingerprint density at radius 3 is 2.56 bits per heavy atom. The minimum Gasteiger partial charge on any atom is -0.375 e. The van der Waals surface area contributed by atoms with Crippen molar-refractivity contribution < 1.29 is 9.47 Å². The summed E-state index contributed by atoms with van der Waals surface area (Å²) in [5.41, 5.74) is 6.35. The lowest BCUT2D eigenvalue weighted by Gasteiger charge is -2.41. The second kappa shape index (κ2) is 5.48. The van der Waals surface area contributed by atoms with Gasteiger partial charge in [0, 0.05) is 19.1 Å². The highest BCUT2D eigenvalue weighted by Crippen LogP contribution is 2.41. The van der Waals surface area contributed by atoms with Crippen molar-refractivity contribution in [2.75, 3.05) is 6.61 Å². The zero-order valence-electron chi connectivity index (χ0n) is 11.4. The largest absolute Gasteiger partial charge is 0.375 e. The molecule has 0 aromatic carbocycles. The molecule has 1 heterocycles. The van der Waals surface area contributed by atoms with Crippen molar-refractivity contribution in [2.24, 2.45) is 5.73 Å². The molecule has 2 aliphatic carbocycles. The van der Waals surface area contributed by atoms with Gasteiger partial charge in [-0.3, -0.25) is 0 Å². The smallest absolute Gasteiger partial charge is 0.0729 e. The van der Waals surface area contributed by atoms with Gasteiger partial charge in [0.05, 0.1) is 17.8 Å². The van der Waals surface area contributed by atoms with Crippen LogP contribution < -0.4 is 5.73 Å². The van der Waals surface area contributed by atoms with Gasteiger partial charge in [-0.05, 0) is 32.1 Å². The maximum absolute atomic E-state index is 6.33. The minimum absolute atomic E-state index is 0.168. The minimum atomic E-state index is 0.168. The highest BCUT2D eigenvalue weighted by atomic mass is 16.5. The molecule has 18 heavy (non-hydrogen) atoms. The van der Waals surface area contributed by atoms with Gasteiger partial charge in [-0.15, -0.1) is 0 Å². The van der Waals surface area contributed by atoms with Gasteiger partial charge < -0.3 is 15.2 Å². The fourth-order valence-corrected chi connectivity index (χ4v) is 4.01. The van der Waals surface area contributed by atoms with E-state index < -0.39 is 0 Å². The Kier molecular flexibility index (Phi) is 3.92. The number of ether oxygens (including phenoxy) is 2. The van der Waals surface area contributed by atoms with Crippen molar-refractivity contribution >= 4 is 0 Å². The maximum Gasteiger partial charge on any atom is 0.0729 e. The summed E-state index contributed by atoms with van der Waals surface area (Å²) in [7, 11) is 0. The zero-order chi connectivity index (χ0) is 12.4. The Hall–Kier alpha value is -0.120. The van der Waals surface area contributed by atoms with E-state index in [0.29, 0.717) is 12.2 Å². The Balaban J connectivity index is 1.55. The summed E-state index contributed by atoms with van der Waals surface area (Å²) in [6, 6.07) is 0.265. The molecule has 0 bridgehead atoms. The van der Waals surface area contributed by atoms with Crippen molar-refractivity contribution in [3.8, 4) is 0 Å². The molecule has 3 heteroatoms. The molecule has 1 aliphatic heterocycles. The number of hydrogen-bond donors (Lipinski definition) is 1. The van der Waals surface area contributed by atoms with Gasteiger partial charge in [0.25, 0.3) is 0 Å². The molecule has 3 unspecified atom stereocenters. The predicted octanol–water partition coefficient (Wildman–Crippen LogP) is 2.76. The Labute approximate surface area is 110 Å². The molecule has 3 fully saturated rings. The molecule has 0 aromatic rings. The first kappa shape index (κ1) is 12.9. The summed E-state index contributed by atoms with van der Waals surface area (Å²) in [6.07, 6.45) is 12.9. The van der Waals surface area contributed by atoms with Crippen LogP contribution in [0.5, 0.6) is 0 Å². The molecular formula is C15H27NO2. The van der Waals surface area contributed by atoms with Gasteiger partial charge in [0.1, 0.15) is 0 Å². The lowest BCUT2D eigenvalue weighted by atomic mass is 9.89. The van der Waals surface area contributed by atoms with Crippen molar-refractivity contribution in [2.45, 2.75) is 88.1 Å². The summed E-state index contributed by atoms with van der Waals surface area (Å²) in [4.78, 5) is 0. The Morgan fingerprint density at radius 1 is 1.00 bits per heavy atom. The van der Waals surface area contributed by atoms with Crippen molar-refractivity contribution in [3.63, 3.8) is 0 Å². The first-order chi connectivity index (χ1) is 8.77. The molecule has 3 rings (SSSR count). The summed E-state index contributed by atoms with van der Waals surface area (Å²) >= 11 is 0. The van der Waals surface area contributed by atoms with E-state index in [1.165, 1.54) is 38.5 Å². The molecule has 104 valence electrons. The van der Waals surface area contributed by atoms with E-state index in [0.717, 1.165) is 32.3 Å². The van der Waals surface area contributed by atoms with Crippen LogP contribution in [-0.4, -0.2) is 30.5 Å². The molecule has 2 N–H and O–H groups in total. The van der Waals surface area contributed by atoms with Crippen LogP contribution in [0.15, 0.2) is 0 Å². The van der Waals surface area contributed by atoms with E-state index in [9.17, 15) is 0 Å². The van der Waals surface area contributed by atoms with Crippen LogP contribution in [0.25, 0.3) is 0 Å². The first-order valence-corrected chi connectivity index (χ1v) is 7.82. The fraction of sp³-hybridized carbons (Fsp3) is 1.00. The molecule has 3 nitrogen and oxygen atoms in total. The van der Waals surface area contributed by atoms with E-state index in [-0.39, 0.29) is 11.6 Å². The molecule has 0 radical (unpaired) electrons. The molecule has 3 aliphatic rings. The quantitative estimate of drug-likeness (QED) is 0.823. The second-order valence-electron chi connectivity index (χ2n) is 6.48. The monoisotopic (exact) mass is 253 g/mol. The average molecular weight is 253 g/mol. The Bertz CT molecular complexity index is 276. The maximum atomic E-state index is 6.33. The zero-order valence-corrected chi connectivity index (χ0v) is 11.4. The topological polar surface area (TPSA) is 44.5 Å². The van der Waals surface area contributed by atoms with E-state index >= 15 is 0 Å².